The molecular formula is C18H13FN2O3. The van der Waals surface area contributed by atoms with Gasteiger partial charge in [0, 0.05) is 28.4 Å². The van der Waals surface area contributed by atoms with E-state index in [0.717, 1.165) is 6.07 Å². The Hall–Kier alpha value is -3.28. The Bertz CT molecular complexity index is 1010. The van der Waals surface area contributed by atoms with Crippen LogP contribution in [-0.4, -0.2) is 16.7 Å². The maximum Gasteiger partial charge on any atom is 0.261 e. The van der Waals surface area contributed by atoms with Crippen LogP contribution in [0.4, 0.5) is 10.1 Å². The first-order valence-electron chi connectivity index (χ1n) is 7.19. The number of halogens is 1. The SMILES string of the molecule is CC(=O)c1ccc(NC(=O)c2c[nH]c3ccc(F)cc3c2=O)cc1. The molecule has 120 valence electrons. The lowest BCUT2D eigenvalue weighted by Crippen LogP contribution is -2.22. The number of hydrogen-bond donors (Lipinski definition) is 2. The van der Waals surface area contributed by atoms with Crippen LogP contribution in [-0.2, 0) is 0 Å². The number of pyridine rings is 1. The summed E-state index contributed by atoms with van der Waals surface area (Å²) in [6, 6.07) is 10.1. The third kappa shape index (κ3) is 2.94. The summed E-state index contributed by atoms with van der Waals surface area (Å²) in [5, 5.41) is 2.69. The van der Waals surface area contributed by atoms with Gasteiger partial charge in [-0.05, 0) is 49.4 Å². The number of anilines is 1. The minimum atomic E-state index is -0.613. The Morgan fingerprint density at radius 1 is 1.08 bits per heavy atom. The number of carbonyl (C=O) groups is 2. The van der Waals surface area contributed by atoms with Gasteiger partial charge in [-0.3, -0.25) is 14.4 Å². The first kappa shape index (κ1) is 15.6. The molecule has 0 spiro atoms. The van der Waals surface area contributed by atoms with Crippen LogP contribution in [0.5, 0.6) is 0 Å². The highest BCUT2D eigenvalue weighted by molar-refractivity contribution is 6.06. The fourth-order valence-electron chi connectivity index (χ4n) is 2.35. The molecule has 0 aliphatic rings. The lowest BCUT2D eigenvalue weighted by molar-refractivity contribution is 0.101. The van der Waals surface area contributed by atoms with Gasteiger partial charge < -0.3 is 10.3 Å². The topological polar surface area (TPSA) is 79.0 Å². The fraction of sp³-hybridized carbons (Fsp3) is 0.0556. The van der Waals surface area contributed by atoms with Crippen LogP contribution >= 0.6 is 0 Å². The summed E-state index contributed by atoms with van der Waals surface area (Å²) in [5.74, 6) is -1.25. The van der Waals surface area contributed by atoms with Crippen LogP contribution in [0.2, 0.25) is 0 Å². The van der Waals surface area contributed by atoms with Crippen LogP contribution in [0.1, 0.15) is 27.6 Å². The number of amides is 1. The summed E-state index contributed by atoms with van der Waals surface area (Å²) < 4.78 is 13.3. The molecule has 2 N–H and O–H groups in total. The summed E-state index contributed by atoms with van der Waals surface area (Å²) >= 11 is 0. The molecule has 0 radical (unpaired) electrons. The molecule has 0 aliphatic carbocycles. The van der Waals surface area contributed by atoms with Gasteiger partial charge in [-0.2, -0.15) is 0 Å². The van der Waals surface area contributed by atoms with Gasteiger partial charge in [0.1, 0.15) is 11.4 Å². The van der Waals surface area contributed by atoms with Crippen molar-refractivity contribution >= 4 is 28.3 Å². The van der Waals surface area contributed by atoms with Crippen molar-refractivity contribution in [3.8, 4) is 0 Å². The van der Waals surface area contributed by atoms with Gasteiger partial charge in [0.05, 0.1) is 0 Å². The molecule has 0 aliphatic heterocycles. The number of hydrogen-bond acceptors (Lipinski definition) is 3. The standard InChI is InChI=1S/C18H13FN2O3/c1-10(22)11-2-5-13(6-3-11)21-18(24)15-9-20-16-7-4-12(19)8-14(16)17(15)23/h2-9H,1H3,(H,20,23)(H,21,24). The molecule has 24 heavy (non-hydrogen) atoms. The maximum absolute atomic E-state index is 13.3. The van der Waals surface area contributed by atoms with E-state index in [4.69, 9.17) is 0 Å². The zero-order chi connectivity index (χ0) is 17.3. The van der Waals surface area contributed by atoms with E-state index in [1.165, 1.54) is 25.3 Å². The first-order valence-corrected chi connectivity index (χ1v) is 7.19. The zero-order valence-corrected chi connectivity index (χ0v) is 12.7. The molecule has 0 fully saturated rings. The molecule has 0 saturated carbocycles. The summed E-state index contributed by atoms with van der Waals surface area (Å²) in [4.78, 5) is 38.7. The quantitative estimate of drug-likeness (QED) is 0.727. The molecule has 6 heteroatoms. The molecule has 0 atom stereocenters. The summed E-state index contributed by atoms with van der Waals surface area (Å²) in [5.41, 5.74) is 0.740. The van der Waals surface area contributed by atoms with Crippen molar-refractivity contribution in [2.24, 2.45) is 0 Å². The highest BCUT2D eigenvalue weighted by atomic mass is 19.1. The second-order valence-electron chi connectivity index (χ2n) is 5.31. The number of H-pyrrole nitrogens is 1. The number of nitrogens with one attached hydrogen (secondary N) is 2. The van der Waals surface area contributed by atoms with Crippen LogP contribution in [0.25, 0.3) is 10.9 Å². The predicted molar refractivity (Wildman–Crippen MR) is 88.9 cm³/mol. The van der Waals surface area contributed by atoms with E-state index in [9.17, 15) is 18.8 Å². The van der Waals surface area contributed by atoms with Gasteiger partial charge in [-0.25, -0.2) is 4.39 Å². The van der Waals surface area contributed by atoms with Crippen LogP contribution in [0, 0.1) is 5.82 Å². The van der Waals surface area contributed by atoms with Crippen LogP contribution < -0.4 is 10.7 Å². The number of aromatic amines is 1. The minimum absolute atomic E-state index is 0.0825. The minimum Gasteiger partial charge on any atom is -0.360 e. The van der Waals surface area contributed by atoms with E-state index >= 15 is 0 Å². The summed E-state index contributed by atoms with van der Waals surface area (Å²) in [6.07, 6.45) is 1.29. The van der Waals surface area contributed by atoms with E-state index in [2.05, 4.69) is 10.3 Å². The van der Waals surface area contributed by atoms with Crippen molar-refractivity contribution in [2.75, 3.05) is 5.32 Å². The van der Waals surface area contributed by atoms with E-state index in [0.29, 0.717) is 16.8 Å². The highest BCUT2D eigenvalue weighted by Gasteiger charge is 2.14. The largest absolute Gasteiger partial charge is 0.360 e. The van der Waals surface area contributed by atoms with Crippen molar-refractivity contribution in [3.05, 3.63) is 75.8 Å². The number of benzene rings is 2. The Morgan fingerprint density at radius 3 is 2.46 bits per heavy atom. The third-order valence-electron chi connectivity index (χ3n) is 3.64. The van der Waals surface area contributed by atoms with Gasteiger partial charge in [0.15, 0.2) is 5.78 Å². The normalized spacial score (nSPS) is 10.6. The van der Waals surface area contributed by atoms with Gasteiger partial charge >= 0.3 is 0 Å². The number of fused-ring (bicyclic) bond motifs is 1. The number of ketones is 1. The monoisotopic (exact) mass is 324 g/mol. The molecule has 5 nitrogen and oxygen atoms in total. The second-order valence-corrected chi connectivity index (χ2v) is 5.31. The first-order chi connectivity index (χ1) is 11.5. The summed E-state index contributed by atoms with van der Waals surface area (Å²) in [7, 11) is 0. The number of aromatic nitrogens is 1. The molecule has 1 aromatic heterocycles. The fourth-order valence-corrected chi connectivity index (χ4v) is 2.35. The van der Waals surface area contributed by atoms with Gasteiger partial charge in [0.25, 0.3) is 5.91 Å². The van der Waals surface area contributed by atoms with Gasteiger partial charge in [0.2, 0.25) is 5.43 Å². The van der Waals surface area contributed by atoms with Crippen LogP contribution in [0.15, 0.2) is 53.5 Å². The molecule has 3 rings (SSSR count). The Kier molecular flexibility index (Phi) is 3.95. The average Bonchev–Trinajstić information content (AvgIpc) is 2.56. The molecular weight excluding hydrogens is 311 g/mol. The third-order valence-corrected chi connectivity index (χ3v) is 3.64. The van der Waals surface area contributed by atoms with Crippen molar-refractivity contribution in [2.45, 2.75) is 6.92 Å². The second kappa shape index (κ2) is 6.08. The molecule has 2 aromatic carbocycles. The average molecular weight is 324 g/mol. The molecule has 0 saturated heterocycles. The highest BCUT2D eigenvalue weighted by Crippen LogP contribution is 2.13. The molecule has 3 aromatic rings. The molecule has 1 heterocycles. The number of carbonyl (C=O) groups excluding carboxylic acids is 2. The van der Waals surface area contributed by atoms with Gasteiger partial charge in [-0.15, -0.1) is 0 Å². The van der Waals surface area contributed by atoms with E-state index in [1.54, 1.807) is 24.3 Å². The Balaban J connectivity index is 1.92. The summed E-state index contributed by atoms with van der Waals surface area (Å²) in [6.45, 7) is 1.45. The van der Waals surface area contributed by atoms with Crippen LogP contribution in [0.3, 0.4) is 0 Å². The van der Waals surface area contributed by atoms with E-state index in [1.807, 2.05) is 0 Å². The van der Waals surface area contributed by atoms with Crippen molar-refractivity contribution < 1.29 is 14.0 Å². The molecule has 0 bridgehead atoms. The number of rotatable bonds is 3. The smallest absolute Gasteiger partial charge is 0.261 e. The lowest BCUT2D eigenvalue weighted by atomic mass is 10.1. The van der Waals surface area contributed by atoms with Crippen molar-refractivity contribution in [1.29, 1.82) is 0 Å². The Morgan fingerprint density at radius 2 is 1.79 bits per heavy atom. The van der Waals surface area contributed by atoms with Gasteiger partial charge in [-0.1, -0.05) is 0 Å². The van der Waals surface area contributed by atoms with E-state index < -0.39 is 17.2 Å². The number of Topliss-reactive ketones (excluding diaryl/α,β-unsaturated/α-hetero) is 1. The zero-order valence-electron chi connectivity index (χ0n) is 12.7. The molecule has 0 unspecified atom stereocenters. The maximum atomic E-state index is 13.3. The molecule has 1 amide bonds. The predicted octanol–water partition coefficient (Wildman–Crippen LogP) is 3.12. The van der Waals surface area contributed by atoms with E-state index in [-0.39, 0.29) is 16.7 Å². The van der Waals surface area contributed by atoms with Crippen molar-refractivity contribution in [1.82, 2.24) is 4.98 Å². The Labute approximate surface area is 136 Å². The lowest BCUT2D eigenvalue weighted by Gasteiger charge is -2.06. The van der Waals surface area contributed by atoms with Crippen molar-refractivity contribution in [3.63, 3.8) is 0 Å².